The molecule has 1 fully saturated rings. The fourth-order valence-electron chi connectivity index (χ4n) is 2.68. The lowest BCUT2D eigenvalue weighted by Crippen LogP contribution is -2.51. The Bertz CT molecular complexity index is 659. The number of nitrogens with zero attached hydrogens (tertiary/aromatic N) is 3. The van der Waals surface area contributed by atoms with E-state index in [0.717, 1.165) is 17.8 Å². The van der Waals surface area contributed by atoms with Crippen molar-refractivity contribution in [2.45, 2.75) is 38.6 Å². The van der Waals surface area contributed by atoms with Gasteiger partial charge in [0.25, 0.3) is 0 Å². The third-order valence-corrected chi connectivity index (χ3v) is 4.03. The average molecular weight is 330 g/mol. The van der Waals surface area contributed by atoms with Crippen molar-refractivity contribution >= 4 is 5.91 Å². The van der Waals surface area contributed by atoms with Crippen molar-refractivity contribution in [2.24, 2.45) is 0 Å². The average Bonchev–Trinajstić information content (AvgIpc) is 3.00. The fraction of sp³-hybridized carbons (Fsp3) is 0.471. The van der Waals surface area contributed by atoms with E-state index in [1.165, 1.54) is 0 Å². The lowest BCUT2D eigenvalue weighted by molar-refractivity contribution is -0.127. The van der Waals surface area contributed by atoms with Gasteiger partial charge in [0.2, 0.25) is 5.91 Å². The second-order valence-corrected chi connectivity index (χ2v) is 5.84. The molecule has 1 saturated heterocycles. The third kappa shape index (κ3) is 4.39. The third-order valence-electron chi connectivity index (χ3n) is 4.03. The zero-order valence-electron chi connectivity index (χ0n) is 13.7. The maximum Gasteiger partial charge on any atom is 0.242 e. The molecule has 0 aromatic carbocycles. The minimum absolute atomic E-state index is 0.0802. The number of carbonyl (C=O) groups is 1. The van der Waals surface area contributed by atoms with Gasteiger partial charge in [-0.15, -0.1) is 0 Å². The fourth-order valence-corrected chi connectivity index (χ4v) is 2.68. The Morgan fingerprint density at radius 1 is 1.42 bits per heavy atom. The summed E-state index contributed by atoms with van der Waals surface area (Å²) in [5, 5.41) is 7.13. The number of nitrogens with one attached hydrogen (secondary N) is 1. The molecule has 0 saturated carbocycles. The summed E-state index contributed by atoms with van der Waals surface area (Å²) in [5.41, 5.74) is 1.83. The molecule has 24 heavy (non-hydrogen) atoms. The summed E-state index contributed by atoms with van der Waals surface area (Å²) in [6.45, 7) is 3.63. The Kier molecular flexibility index (Phi) is 5.55. The molecule has 0 aliphatic carbocycles. The first kappa shape index (κ1) is 16.6. The molecule has 2 aromatic heterocycles. The van der Waals surface area contributed by atoms with Gasteiger partial charge in [-0.2, -0.15) is 5.10 Å². The Hall–Kier alpha value is -2.25. The van der Waals surface area contributed by atoms with Gasteiger partial charge in [0, 0.05) is 24.7 Å². The summed E-state index contributed by atoms with van der Waals surface area (Å²) < 4.78 is 13.1. The topological polar surface area (TPSA) is 78.3 Å². The molecule has 1 aliphatic heterocycles. The molecular weight excluding hydrogens is 308 g/mol. The Labute approximate surface area is 141 Å². The first-order valence-corrected chi connectivity index (χ1v) is 8.09. The number of hydrogen-bond donors (Lipinski definition) is 1. The van der Waals surface area contributed by atoms with Crippen LogP contribution in [0.1, 0.15) is 17.8 Å². The lowest BCUT2D eigenvalue weighted by Gasteiger charge is -2.32. The molecule has 7 nitrogen and oxygen atoms in total. The van der Waals surface area contributed by atoms with E-state index in [-0.39, 0.29) is 24.6 Å². The van der Waals surface area contributed by atoms with Crippen molar-refractivity contribution in [3.8, 4) is 0 Å². The van der Waals surface area contributed by atoms with E-state index >= 15 is 0 Å². The molecule has 1 aliphatic rings. The molecular formula is C17H22N4O3. The van der Waals surface area contributed by atoms with Gasteiger partial charge < -0.3 is 14.8 Å². The zero-order chi connectivity index (χ0) is 16.8. The standard InChI is InChI=1S/C17H22N4O3/c1-13-5-8-19-21(13)10-17(22)20-15-12-23-9-6-16(15)24-11-14-4-2-3-7-18-14/h2-5,7-8,15-16H,6,9-12H2,1H3,(H,20,22)/t15-,16-/m1/s1. The zero-order valence-corrected chi connectivity index (χ0v) is 13.7. The van der Waals surface area contributed by atoms with Crippen LogP contribution in [0, 0.1) is 6.92 Å². The van der Waals surface area contributed by atoms with Crippen LogP contribution in [0.25, 0.3) is 0 Å². The number of rotatable bonds is 6. The molecule has 0 unspecified atom stereocenters. The minimum Gasteiger partial charge on any atom is -0.379 e. The molecule has 1 amide bonds. The van der Waals surface area contributed by atoms with Crippen molar-refractivity contribution < 1.29 is 14.3 Å². The summed E-state index contributed by atoms with van der Waals surface area (Å²) in [6, 6.07) is 7.44. The first-order valence-electron chi connectivity index (χ1n) is 8.09. The highest BCUT2D eigenvalue weighted by molar-refractivity contribution is 5.76. The van der Waals surface area contributed by atoms with Crippen molar-refractivity contribution in [1.29, 1.82) is 0 Å². The van der Waals surface area contributed by atoms with Crippen molar-refractivity contribution in [3.05, 3.63) is 48.0 Å². The van der Waals surface area contributed by atoms with Gasteiger partial charge in [0.05, 0.1) is 31.1 Å². The largest absolute Gasteiger partial charge is 0.379 e. The monoisotopic (exact) mass is 330 g/mol. The van der Waals surface area contributed by atoms with Gasteiger partial charge in [-0.3, -0.25) is 14.5 Å². The van der Waals surface area contributed by atoms with Gasteiger partial charge in [-0.25, -0.2) is 0 Å². The van der Waals surface area contributed by atoms with Crippen LogP contribution in [0.3, 0.4) is 0 Å². The normalized spacial score (nSPS) is 20.7. The molecule has 7 heteroatoms. The van der Waals surface area contributed by atoms with Crippen LogP contribution in [0.2, 0.25) is 0 Å². The van der Waals surface area contributed by atoms with Gasteiger partial charge >= 0.3 is 0 Å². The molecule has 1 N–H and O–H groups in total. The lowest BCUT2D eigenvalue weighted by atomic mass is 10.1. The Morgan fingerprint density at radius 2 is 2.33 bits per heavy atom. The Morgan fingerprint density at radius 3 is 3.08 bits per heavy atom. The number of amides is 1. The molecule has 0 spiro atoms. The van der Waals surface area contributed by atoms with Gasteiger partial charge in [0.1, 0.15) is 6.54 Å². The van der Waals surface area contributed by atoms with Crippen LogP contribution >= 0.6 is 0 Å². The number of ether oxygens (including phenoxy) is 2. The first-order chi connectivity index (χ1) is 11.7. The molecule has 128 valence electrons. The number of hydrogen-bond acceptors (Lipinski definition) is 5. The number of aryl methyl sites for hydroxylation is 1. The summed E-state index contributed by atoms with van der Waals surface area (Å²) in [4.78, 5) is 16.5. The number of pyridine rings is 1. The highest BCUT2D eigenvalue weighted by atomic mass is 16.5. The van der Waals surface area contributed by atoms with Crippen LogP contribution in [0.15, 0.2) is 36.7 Å². The smallest absolute Gasteiger partial charge is 0.242 e. The van der Waals surface area contributed by atoms with Crippen molar-refractivity contribution in [1.82, 2.24) is 20.1 Å². The van der Waals surface area contributed by atoms with Crippen LogP contribution in [0.4, 0.5) is 0 Å². The van der Waals surface area contributed by atoms with Crippen LogP contribution in [0.5, 0.6) is 0 Å². The predicted octanol–water partition coefficient (Wildman–Crippen LogP) is 1.08. The predicted molar refractivity (Wildman–Crippen MR) is 87.1 cm³/mol. The summed E-state index contributed by atoms with van der Waals surface area (Å²) in [7, 11) is 0. The van der Waals surface area contributed by atoms with E-state index < -0.39 is 0 Å². The Balaban J connectivity index is 1.54. The summed E-state index contributed by atoms with van der Waals surface area (Å²) in [6.07, 6.45) is 4.10. The van der Waals surface area contributed by atoms with Crippen molar-refractivity contribution in [3.63, 3.8) is 0 Å². The minimum atomic E-state index is -0.161. The second-order valence-electron chi connectivity index (χ2n) is 5.84. The van der Waals surface area contributed by atoms with Crippen molar-refractivity contribution in [2.75, 3.05) is 13.2 Å². The molecule has 2 atom stereocenters. The van der Waals surface area contributed by atoms with Gasteiger partial charge in [0.15, 0.2) is 0 Å². The summed E-state index contributed by atoms with van der Waals surface area (Å²) in [5.74, 6) is -0.0938. The highest BCUT2D eigenvalue weighted by Crippen LogP contribution is 2.14. The van der Waals surface area contributed by atoms with E-state index in [0.29, 0.717) is 19.8 Å². The molecule has 2 aromatic rings. The molecule has 0 bridgehead atoms. The quantitative estimate of drug-likeness (QED) is 0.857. The second kappa shape index (κ2) is 8.03. The van der Waals surface area contributed by atoms with Gasteiger partial charge in [-0.1, -0.05) is 6.07 Å². The van der Waals surface area contributed by atoms with Crippen LogP contribution < -0.4 is 5.32 Å². The number of carbonyl (C=O) groups excluding carboxylic acids is 1. The highest BCUT2D eigenvalue weighted by Gasteiger charge is 2.28. The van der Waals surface area contributed by atoms with Crippen LogP contribution in [-0.2, 0) is 27.4 Å². The SMILES string of the molecule is Cc1ccnn1CC(=O)N[C@@H]1COCC[C@H]1OCc1ccccn1. The number of aromatic nitrogens is 3. The van der Waals surface area contributed by atoms with E-state index in [1.807, 2.05) is 31.2 Å². The van der Waals surface area contributed by atoms with E-state index in [9.17, 15) is 4.79 Å². The molecule has 0 radical (unpaired) electrons. The maximum absolute atomic E-state index is 12.3. The summed E-state index contributed by atoms with van der Waals surface area (Å²) >= 11 is 0. The van der Waals surface area contributed by atoms with Crippen LogP contribution in [-0.4, -0.2) is 46.0 Å². The molecule has 3 heterocycles. The van der Waals surface area contributed by atoms with Gasteiger partial charge in [-0.05, 0) is 31.5 Å². The van der Waals surface area contributed by atoms with E-state index in [1.54, 1.807) is 17.1 Å². The maximum atomic E-state index is 12.3. The molecule has 3 rings (SSSR count). The van der Waals surface area contributed by atoms with E-state index in [4.69, 9.17) is 9.47 Å². The van der Waals surface area contributed by atoms with E-state index in [2.05, 4.69) is 15.4 Å².